The molecule has 0 aliphatic carbocycles. The molecule has 2 aliphatic rings. The van der Waals surface area contributed by atoms with Crippen LogP contribution in [0.15, 0.2) is 66.7 Å². The molecule has 2 unspecified atom stereocenters. The van der Waals surface area contributed by atoms with Gasteiger partial charge in [-0.1, -0.05) is 42.5 Å². The van der Waals surface area contributed by atoms with Gasteiger partial charge in [-0.25, -0.2) is 4.79 Å². The van der Waals surface area contributed by atoms with Gasteiger partial charge in [0.25, 0.3) is 17.7 Å². The Balaban J connectivity index is 1.08. The van der Waals surface area contributed by atoms with E-state index < -0.39 is 105 Å². The van der Waals surface area contributed by atoms with Crippen molar-refractivity contribution in [3.8, 4) is 23.0 Å². The van der Waals surface area contributed by atoms with Gasteiger partial charge in [0.15, 0.2) is 23.0 Å². The third kappa shape index (κ3) is 21.4. The molecule has 2 aliphatic heterocycles. The first-order chi connectivity index (χ1) is 42.7. The minimum absolute atomic E-state index is 0.00268. The van der Waals surface area contributed by atoms with Crippen LogP contribution in [0, 0.1) is 0 Å². The van der Waals surface area contributed by atoms with Gasteiger partial charge in [0.1, 0.15) is 23.5 Å². The number of unbranched alkanes of at least 4 members (excludes halogenated alkanes) is 3. The Kier molecular flexibility index (Phi) is 27.2. The summed E-state index contributed by atoms with van der Waals surface area (Å²) in [5, 5.41) is 23.6. The minimum atomic E-state index is -1.23. The van der Waals surface area contributed by atoms with Crippen LogP contribution in [0.25, 0.3) is 0 Å². The Labute approximate surface area is 523 Å². The first-order valence-electron chi connectivity index (χ1n) is 29.2. The standard InChI is InChI=1S/C61H76N8O20S/c1-36(70)85-44-24-16-22-42(52(44)87-38(3)72)55(79)63-31-13-15-33-67(34-19-32-64-56(80)43-23-17-25-45(86-37(2)71)53(43)88-39(4)73)48(77)29-28-46(75)62-30-12-9-14-35-68(89-40(5)74)49(78)27-18-26-47(76)65-50(41-20-10-8-11-21-41)57(81)66-51-58(82)69-54(60(83)84)61(6,7)90-59(51)69/h8,10-11,16-17,20-25,50-51,54,59H,9,12-15,18-19,26-35H2,1-7H3,(H,62,75)(H,63,79)(H,64,80)(H,65,76)(H,66,81)(H,83,84)/t50?,51-,54+,59?/m1/s1. The van der Waals surface area contributed by atoms with E-state index in [0.717, 1.165) is 39.7 Å². The summed E-state index contributed by atoms with van der Waals surface area (Å²) in [5.41, 5.74) is 0.259. The van der Waals surface area contributed by atoms with Crippen LogP contribution >= 0.6 is 11.8 Å². The molecule has 0 aromatic heterocycles. The zero-order chi connectivity index (χ0) is 66.2. The number of ether oxygens (including phenoxy) is 4. The number of rotatable bonds is 33. The summed E-state index contributed by atoms with van der Waals surface area (Å²) in [6, 6.07) is 13.3. The number of carboxylic acid groups (broad SMARTS) is 1. The van der Waals surface area contributed by atoms with E-state index in [0.29, 0.717) is 37.7 Å². The Morgan fingerprint density at radius 2 is 1.10 bits per heavy atom. The molecule has 5 rings (SSSR count). The van der Waals surface area contributed by atoms with E-state index in [9.17, 15) is 72.2 Å². The van der Waals surface area contributed by atoms with Gasteiger partial charge in [-0.05, 0) is 88.6 Å². The van der Waals surface area contributed by atoms with Crippen molar-refractivity contribution in [2.24, 2.45) is 0 Å². The first kappa shape index (κ1) is 71.3. The first-order valence-corrected chi connectivity index (χ1v) is 30.0. The van der Waals surface area contributed by atoms with Crippen molar-refractivity contribution in [3.05, 3.63) is 83.4 Å². The lowest BCUT2D eigenvalue weighted by Gasteiger charge is -2.44. The van der Waals surface area contributed by atoms with Crippen LogP contribution in [0.4, 0.5) is 0 Å². The second kappa shape index (κ2) is 34.4. The van der Waals surface area contributed by atoms with Crippen LogP contribution in [-0.2, 0) is 62.4 Å². The molecule has 3 aromatic carbocycles. The quantitative estimate of drug-likeness (QED) is 0.0167. The number of carbonyl (C=O) groups excluding carboxylic acids is 13. The summed E-state index contributed by atoms with van der Waals surface area (Å²) in [6.45, 7) is 9.71. The summed E-state index contributed by atoms with van der Waals surface area (Å²) in [6.07, 6.45) is 1.44. The molecule has 486 valence electrons. The number of benzene rings is 3. The Morgan fingerprint density at radius 1 is 0.567 bits per heavy atom. The van der Waals surface area contributed by atoms with Crippen molar-refractivity contribution in [2.45, 2.75) is 147 Å². The normalized spacial score (nSPS) is 15.4. The molecule has 3 aromatic rings. The number of esters is 4. The van der Waals surface area contributed by atoms with Crippen molar-refractivity contribution in [3.63, 3.8) is 0 Å². The van der Waals surface area contributed by atoms with Gasteiger partial charge >= 0.3 is 35.8 Å². The van der Waals surface area contributed by atoms with Gasteiger partial charge in [-0.3, -0.25) is 62.3 Å². The fourth-order valence-corrected chi connectivity index (χ4v) is 11.4. The van der Waals surface area contributed by atoms with Crippen molar-refractivity contribution in [1.29, 1.82) is 0 Å². The number of β-lactam (4-membered cyclic amide) rings is 1. The lowest BCUT2D eigenvalue weighted by atomic mass is 9.95. The highest BCUT2D eigenvalue weighted by atomic mass is 32.2. The topological polar surface area (TPSA) is 375 Å². The highest BCUT2D eigenvalue weighted by Gasteiger charge is 2.64. The van der Waals surface area contributed by atoms with Gasteiger partial charge in [-0.2, -0.15) is 5.06 Å². The maximum atomic E-state index is 13.7. The Hall–Kier alpha value is -9.41. The van der Waals surface area contributed by atoms with Gasteiger partial charge in [0, 0.05) is 97.8 Å². The summed E-state index contributed by atoms with van der Waals surface area (Å²) < 4.78 is 19.8. The van der Waals surface area contributed by atoms with E-state index in [1.807, 2.05) is 0 Å². The molecular formula is C61H76N8O20S. The predicted molar refractivity (Wildman–Crippen MR) is 320 cm³/mol. The molecule has 0 saturated carbocycles. The molecule has 0 bridgehead atoms. The number of fused-ring (bicyclic) bond motifs is 1. The Bertz CT molecular complexity index is 3180. The number of nitrogens with zero attached hydrogens (tertiary/aromatic N) is 3. The van der Waals surface area contributed by atoms with E-state index in [4.69, 9.17) is 23.8 Å². The van der Waals surface area contributed by atoms with Crippen LogP contribution < -0.4 is 45.5 Å². The number of amides is 8. The van der Waals surface area contributed by atoms with E-state index in [1.165, 1.54) is 58.0 Å². The number of hydroxylamine groups is 2. The average molecular weight is 1270 g/mol. The van der Waals surface area contributed by atoms with Crippen molar-refractivity contribution < 1.29 is 96.0 Å². The molecule has 2 fully saturated rings. The minimum Gasteiger partial charge on any atom is -0.480 e. The molecule has 6 N–H and O–H groups in total. The second-order valence-corrected chi connectivity index (χ2v) is 23.2. The molecular weight excluding hydrogens is 1200 g/mol. The number of hydrogen-bond donors (Lipinski definition) is 6. The Morgan fingerprint density at radius 3 is 1.66 bits per heavy atom. The zero-order valence-electron chi connectivity index (χ0n) is 51.1. The van der Waals surface area contributed by atoms with Crippen molar-refractivity contribution in [1.82, 2.24) is 41.4 Å². The van der Waals surface area contributed by atoms with Crippen molar-refractivity contribution >= 4 is 94.8 Å². The average Bonchev–Trinajstić information content (AvgIpc) is 1.55. The van der Waals surface area contributed by atoms with Gasteiger partial charge in [0.05, 0.1) is 17.7 Å². The van der Waals surface area contributed by atoms with Gasteiger partial charge < -0.3 is 65.3 Å². The smallest absolute Gasteiger partial charge is 0.329 e. The van der Waals surface area contributed by atoms with Crippen LogP contribution in [0.2, 0.25) is 0 Å². The highest BCUT2D eigenvalue weighted by Crippen LogP contribution is 2.51. The number of para-hydroxylation sites is 2. The molecule has 2 heterocycles. The van der Waals surface area contributed by atoms with Crippen molar-refractivity contribution in [2.75, 3.05) is 39.3 Å². The molecule has 4 atom stereocenters. The SMILES string of the molecule is CC(=O)Oc1cccc(C(=O)NCCCCN(CCCNC(=O)c2cccc(OC(C)=O)c2OC(C)=O)C(=O)CCC(=O)NCCCCCN(OC(C)=O)C(=O)CCCC(=O)NC(C(=O)N[C@@H]2C(=O)N3C2SC(C)(C)[C@@H]3C(=O)O)c2ccccc2)c1OC(C)=O. The number of nitrogens with one attached hydrogen (secondary N) is 5. The monoisotopic (exact) mass is 1270 g/mol. The molecule has 90 heavy (non-hydrogen) atoms. The second-order valence-electron chi connectivity index (χ2n) is 21.4. The van der Waals surface area contributed by atoms with Crippen LogP contribution in [0.1, 0.15) is 151 Å². The third-order valence-corrected chi connectivity index (χ3v) is 15.3. The highest BCUT2D eigenvalue weighted by molar-refractivity contribution is 8.01. The van der Waals surface area contributed by atoms with Crippen LogP contribution in [0.5, 0.6) is 23.0 Å². The fourth-order valence-electron chi connectivity index (χ4n) is 9.72. The van der Waals surface area contributed by atoms with E-state index in [-0.39, 0.29) is 118 Å². The largest absolute Gasteiger partial charge is 0.480 e. The molecule has 29 heteroatoms. The van der Waals surface area contributed by atoms with E-state index in [2.05, 4.69) is 26.6 Å². The van der Waals surface area contributed by atoms with E-state index in [1.54, 1.807) is 44.2 Å². The summed E-state index contributed by atoms with van der Waals surface area (Å²) in [4.78, 5) is 186. The maximum Gasteiger partial charge on any atom is 0.329 e. The number of aliphatic carboxylic acids is 1. The molecule has 0 radical (unpaired) electrons. The van der Waals surface area contributed by atoms with Crippen LogP contribution in [-0.4, -0.2) is 165 Å². The van der Waals surface area contributed by atoms with E-state index >= 15 is 0 Å². The summed E-state index contributed by atoms with van der Waals surface area (Å²) in [7, 11) is 0. The third-order valence-electron chi connectivity index (χ3n) is 13.7. The predicted octanol–water partition coefficient (Wildman–Crippen LogP) is 3.58. The number of hydrogen-bond acceptors (Lipinski definition) is 20. The summed E-state index contributed by atoms with van der Waals surface area (Å²) >= 11 is 1.26. The van der Waals surface area contributed by atoms with Gasteiger partial charge in [-0.15, -0.1) is 11.8 Å². The number of thioether (sulfide) groups is 1. The lowest BCUT2D eigenvalue weighted by Crippen LogP contribution is -2.71. The fraction of sp³-hybridized carbons (Fsp3) is 0.475. The lowest BCUT2D eigenvalue weighted by molar-refractivity contribution is -0.196. The number of carbonyl (C=O) groups is 14. The molecule has 8 amide bonds. The maximum absolute atomic E-state index is 13.7. The zero-order valence-corrected chi connectivity index (χ0v) is 52.0. The molecule has 0 spiro atoms. The van der Waals surface area contributed by atoms with Crippen LogP contribution in [0.3, 0.4) is 0 Å². The number of carboxylic acids is 1. The molecule has 2 saturated heterocycles. The summed E-state index contributed by atoms with van der Waals surface area (Å²) in [5.74, 6) is -10.1. The molecule has 28 nitrogen and oxygen atoms in total. The van der Waals surface area contributed by atoms with Gasteiger partial charge in [0.2, 0.25) is 29.5 Å².